The maximum absolute atomic E-state index is 13.0. The number of nitrogens with zero attached hydrogens (tertiary/aromatic N) is 3. The Morgan fingerprint density at radius 1 is 1.12 bits per heavy atom. The molecule has 3 heterocycles. The van der Waals surface area contributed by atoms with Gasteiger partial charge in [-0.1, -0.05) is 53.5 Å². The fraction of sp³-hybridized carbons (Fsp3) is 0.267. The van der Waals surface area contributed by atoms with E-state index in [1.54, 1.807) is 18.6 Å². The van der Waals surface area contributed by atoms with Crippen LogP contribution in [0.2, 0.25) is 10.0 Å². The van der Waals surface area contributed by atoms with Gasteiger partial charge in [0.15, 0.2) is 0 Å². The molecular weight excluding hydrogens is 599 g/mol. The van der Waals surface area contributed by atoms with Crippen LogP contribution in [0.5, 0.6) is 0 Å². The van der Waals surface area contributed by atoms with Crippen molar-refractivity contribution in [2.45, 2.75) is 37.5 Å². The highest BCUT2D eigenvalue weighted by Gasteiger charge is 2.41. The van der Waals surface area contributed by atoms with E-state index in [2.05, 4.69) is 10.3 Å². The van der Waals surface area contributed by atoms with Crippen molar-refractivity contribution in [3.05, 3.63) is 93.3 Å². The Morgan fingerprint density at radius 2 is 1.86 bits per heavy atom. The summed E-state index contributed by atoms with van der Waals surface area (Å²) in [5.74, 6) is -2.32. The maximum Gasteiger partial charge on any atom is 0.326 e. The molecule has 4 aromatic rings. The van der Waals surface area contributed by atoms with Crippen molar-refractivity contribution < 1.29 is 24.6 Å². The second-order valence-electron chi connectivity index (χ2n) is 10.2. The molecule has 0 unspecified atom stereocenters. The first-order valence-electron chi connectivity index (χ1n) is 13.3. The molecule has 0 saturated carbocycles. The summed E-state index contributed by atoms with van der Waals surface area (Å²) in [5, 5.41) is 26.9. The number of amides is 2. The standard InChI is InChI=1S/C30H28Cl2N4O5S/c31-25-20(14-21-8-13-42-27(21)26(25)32)6-7-24(37)36-11-9-30(41,10-12-36)29(40)34-23(28(38)39)15-22-17-35(18-33-22)16-19-4-2-1-3-5-19/h1-8,13-14,17-18,23,41H,9-12,15-16H2,(H,34,40)(H,38,39)/b7-6+/t23-/m0/s1. The zero-order valence-corrected chi connectivity index (χ0v) is 24.7. The molecule has 1 aliphatic heterocycles. The quantitative estimate of drug-likeness (QED) is 0.233. The predicted molar refractivity (Wildman–Crippen MR) is 163 cm³/mol. The third kappa shape index (κ3) is 6.68. The van der Waals surface area contributed by atoms with Gasteiger partial charge >= 0.3 is 5.97 Å². The number of aliphatic carboxylic acids is 1. The van der Waals surface area contributed by atoms with Gasteiger partial charge in [-0.05, 0) is 40.1 Å². The first-order valence-corrected chi connectivity index (χ1v) is 14.9. The molecule has 3 N–H and O–H groups in total. The lowest BCUT2D eigenvalue weighted by Crippen LogP contribution is -2.57. The topological polar surface area (TPSA) is 125 Å². The number of aliphatic hydroxyl groups is 1. The molecule has 2 aromatic heterocycles. The van der Waals surface area contributed by atoms with Crippen molar-refractivity contribution in [2.24, 2.45) is 0 Å². The lowest BCUT2D eigenvalue weighted by Gasteiger charge is -2.37. The third-order valence-corrected chi connectivity index (χ3v) is 9.24. The number of rotatable bonds is 9. The minimum absolute atomic E-state index is 0.0378. The minimum Gasteiger partial charge on any atom is -0.480 e. The van der Waals surface area contributed by atoms with E-state index >= 15 is 0 Å². The van der Waals surface area contributed by atoms with Crippen molar-refractivity contribution in [2.75, 3.05) is 13.1 Å². The van der Waals surface area contributed by atoms with Crippen LogP contribution in [0.3, 0.4) is 0 Å². The number of thiophene rings is 1. The lowest BCUT2D eigenvalue weighted by molar-refractivity contribution is -0.152. The number of carbonyl (C=O) groups is 3. The Labute approximate surface area is 256 Å². The van der Waals surface area contributed by atoms with E-state index in [9.17, 15) is 24.6 Å². The molecule has 1 fully saturated rings. The van der Waals surface area contributed by atoms with Gasteiger partial charge in [-0.15, -0.1) is 11.3 Å². The monoisotopic (exact) mass is 626 g/mol. The van der Waals surface area contributed by atoms with E-state index < -0.39 is 23.5 Å². The van der Waals surface area contributed by atoms with Crippen molar-refractivity contribution >= 4 is 68.5 Å². The van der Waals surface area contributed by atoms with Crippen LogP contribution in [-0.2, 0) is 27.3 Å². The Bertz CT molecular complexity index is 1640. The van der Waals surface area contributed by atoms with Crippen molar-refractivity contribution in [3.8, 4) is 0 Å². The van der Waals surface area contributed by atoms with Gasteiger partial charge in [0.2, 0.25) is 5.91 Å². The molecule has 42 heavy (non-hydrogen) atoms. The maximum atomic E-state index is 13.0. The summed E-state index contributed by atoms with van der Waals surface area (Å²) in [5.41, 5.74) is 0.373. The summed E-state index contributed by atoms with van der Waals surface area (Å²) in [7, 11) is 0. The molecule has 0 spiro atoms. The average molecular weight is 628 g/mol. The molecule has 9 nitrogen and oxygen atoms in total. The van der Waals surface area contributed by atoms with Gasteiger partial charge in [0.1, 0.15) is 11.6 Å². The van der Waals surface area contributed by atoms with E-state index in [0.29, 0.717) is 27.8 Å². The zero-order valence-electron chi connectivity index (χ0n) is 22.4. The number of hydrogen-bond acceptors (Lipinski definition) is 6. The smallest absolute Gasteiger partial charge is 0.326 e. The highest BCUT2D eigenvalue weighted by Crippen LogP contribution is 2.37. The second kappa shape index (κ2) is 12.7. The SMILES string of the molecule is O=C(O)[C@H](Cc1cn(Cc2ccccc2)cn1)NC(=O)C1(O)CCN(C(=O)/C=C/c2cc3ccsc3c(Cl)c2Cl)CC1. The molecular formula is C30H28Cl2N4O5S. The fourth-order valence-corrected chi connectivity index (χ4v) is 6.31. The average Bonchev–Trinajstić information content (AvgIpc) is 3.64. The van der Waals surface area contributed by atoms with Crippen molar-refractivity contribution in [1.82, 2.24) is 19.8 Å². The minimum atomic E-state index is -1.80. The zero-order chi connectivity index (χ0) is 29.9. The van der Waals surface area contributed by atoms with Crippen LogP contribution in [0.25, 0.3) is 16.2 Å². The van der Waals surface area contributed by atoms with Crippen LogP contribution in [0.4, 0.5) is 0 Å². The van der Waals surface area contributed by atoms with Gasteiger partial charge in [0.25, 0.3) is 5.91 Å². The number of aromatic nitrogens is 2. The number of piperidine rings is 1. The molecule has 1 aliphatic rings. The number of benzene rings is 2. The van der Waals surface area contributed by atoms with Gasteiger partial charge < -0.3 is 25.0 Å². The Balaban J connectivity index is 1.16. The Hall–Kier alpha value is -3.70. The van der Waals surface area contributed by atoms with E-state index in [0.717, 1.165) is 15.6 Å². The molecule has 0 radical (unpaired) electrons. The summed E-state index contributed by atoms with van der Waals surface area (Å²) >= 11 is 14.2. The Morgan fingerprint density at radius 3 is 2.57 bits per heavy atom. The lowest BCUT2D eigenvalue weighted by atomic mass is 9.90. The fourth-order valence-electron chi connectivity index (χ4n) is 4.87. The normalized spacial score (nSPS) is 15.6. The molecule has 2 amide bonds. The summed E-state index contributed by atoms with van der Waals surface area (Å²) in [4.78, 5) is 43.6. The number of carboxylic acid groups (broad SMARTS) is 1. The molecule has 0 aliphatic carbocycles. The second-order valence-corrected chi connectivity index (χ2v) is 11.9. The van der Waals surface area contributed by atoms with Crippen LogP contribution in [0.15, 0.2) is 66.4 Å². The highest BCUT2D eigenvalue weighted by molar-refractivity contribution is 7.18. The summed E-state index contributed by atoms with van der Waals surface area (Å²) in [6.45, 7) is 0.812. The van der Waals surface area contributed by atoms with Crippen LogP contribution < -0.4 is 5.32 Å². The Kier molecular flexibility index (Phi) is 8.98. The van der Waals surface area contributed by atoms with Crippen LogP contribution >= 0.6 is 34.5 Å². The third-order valence-electron chi connectivity index (χ3n) is 7.29. The number of likely N-dealkylation sites (tertiary alicyclic amines) is 1. The van der Waals surface area contributed by atoms with Gasteiger partial charge in [-0.25, -0.2) is 9.78 Å². The molecule has 1 saturated heterocycles. The van der Waals surface area contributed by atoms with E-state index in [-0.39, 0.29) is 38.3 Å². The molecule has 5 rings (SSSR count). The van der Waals surface area contributed by atoms with E-state index in [4.69, 9.17) is 23.2 Å². The number of halogens is 2. The van der Waals surface area contributed by atoms with Gasteiger partial charge in [0, 0.05) is 51.2 Å². The van der Waals surface area contributed by atoms with Crippen molar-refractivity contribution in [1.29, 1.82) is 0 Å². The first kappa shape index (κ1) is 29.8. The van der Waals surface area contributed by atoms with Crippen LogP contribution in [-0.4, -0.2) is 67.2 Å². The first-order chi connectivity index (χ1) is 20.1. The highest BCUT2D eigenvalue weighted by atomic mass is 35.5. The summed E-state index contributed by atoms with van der Waals surface area (Å²) in [6, 6.07) is 12.3. The summed E-state index contributed by atoms with van der Waals surface area (Å²) < 4.78 is 2.71. The van der Waals surface area contributed by atoms with E-state index in [1.807, 2.05) is 52.4 Å². The van der Waals surface area contributed by atoms with E-state index in [1.165, 1.54) is 22.3 Å². The van der Waals surface area contributed by atoms with Gasteiger partial charge in [-0.3, -0.25) is 9.59 Å². The molecule has 1 atom stereocenters. The number of nitrogens with one attached hydrogen (secondary N) is 1. The van der Waals surface area contributed by atoms with Crippen LogP contribution in [0.1, 0.15) is 29.7 Å². The van der Waals surface area contributed by atoms with Crippen molar-refractivity contribution in [3.63, 3.8) is 0 Å². The van der Waals surface area contributed by atoms with Gasteiger partial charge in [0.05, 0.1) is 26.8 Å². The number of imidazole rings is 1. The number of fused-ring (bicyclic) bond motifs is 1. The number of hydrogen-bond donors (Lipinski definition) is 3. The summed E-state index contributed by atoms with van der Waals surface area (Å²) in [6.07, 6.45) is 6.21. The molecule has 218 valence electrons. The molecule has 0 bridgehead atoms. The van der Waals surface area contributed by atoms with Gasteiger partial charge in [-0.2, -0.15) is 0 Å². The largest absolute Gasteiger partial charge is 0.480 e. The predicted octanol–water partition coefficient (Wildman–Crippen LogP) is 4.63. The number of carbonyl (C=O) groups excluding carboxylic acids is 2. The molecule has 2 aromatic carbocycles. The van der Waals surface area contributed by atoms with Crippen LogP contribution in [0, 0.1) is 0 Å². The number of carboxylic acids is 1. The molecule has 12 heteroatoms.